The molecule has 0 amide bonds. The molecule has 1 aliphatic heterocycles. The Labute approximate surface area is 127 Å². The summed E-state index contributed by atoms with van der Waals surface area (Å²) in [7, 11) is 0. The van der Waals surface area contributed by atoms with Crippen LogP contribution in [0.25, 0.3) is 10.8 Å². The van der Waals surface area contributed by atoms with Crippen LogP contribution in [0.1, 0.15) is 12.8 Å². The molecule has 1 aliphatic rings. The molecule has 1 N–H and O–H groups in total. The van der Waals surface area contributed by atoms with E-state index >= 15 is 0 Å². The average molecular weight is 307 g/mol. The number of aliphatic carboxylic acids is 1. The topological polar surface area (TPSA) is 55.8 Å². The van der Waals surface area contributed by atoms with Crippen molar-refractivity contribution in [2.24, 2.45) is 0 Å². The Bertz CT molecular complexity index is 670. The van der Waals surface area contributed by atoms with Gasteiger partial charge in [-0.05, 0) is 25.0 Å². The zero-order chi connectivity index (χ0) is 14.8. The number of carboxylic acid groups (broad SMARTS) is 1. The zero-order valence-electron chi connectivity index (χ0n) is 11.3. The Morgan fingerprint density at radius 2 is 2.00 bits per heavy atom. The molecule has 2 atom stereocenters. The van der Waals surface area contributed by atoms with Gasteiger partial charge in [0.2, 0.25) is 0 Å². The van der Waals surface area contributed by atoms with Gasteiger partial charge in [0.15, 0.2) is 6.10 Å². The number of rotatable bonds is 4. The minimum Gasteiger partial charge on any atom is -0.490 e. The molecule has 0 saturated carbocycles. The molecule has 0 aromatic heterocycles. The molecular weight excluding hydrogens is 292 g/mol. The van der Waals surface area contributed by atoms with Gasteiger partial charge in [-0.2, -0.15) is 0 Å². The molecule has 5 heteroatoms. The highest BCUT2D eigenvalue weighted by molar-refractivity contribution is 6.35. The lowest BCUT2D eigenvalue weighted by Crippen LogP contribution is -2.23. The summed E-state index contributed by atoms with van der Waals surface area (Å²) in [6.45, 7) is 0.343. The van der Waals surface area contributed by atoms with Crippen molar-refractivity contribution >= 4 is 28.3 Å². The van der Waals surface area contributed by atoms with Crippen molar-refractivity contribution in [2.45, 2.75) is 25.0 Å². The molecule has 1 saturated heterocycles. The monoisotopic (exact) mass is 306 g/mol. The SMILES string of the molecule is O=C(O)C1CCC(COc2ccc(Cl)c3ccccc23)O1. The summed E-state index contributed by atoms with van der Waals surface area (Å²) >= 11 is 6.16. The fourth-order valence-corrected chi connectivity index (χ4v) is 2.78. The van der Waals surface area contributed by atoms with Gasteiger partial charge in [-0.25, -0.2) is 4.79 Å². The predicted molar refractivity (Wildman–Crippen MR) is 80.0 cm³/mol. The Kier molecular flexibility index (Phi) is 3.99. The van der Waals surface area contributed by atoms with Crippen LogP contribution in [-0.4, -0.2) is 29.9 Å². The Hall–Kier alpha value is -1.78. The van der Waals surface area contributed by atoms with E-state index in [-0.39, 0.29) is 6.10 Å². The Morgan fingerprint density at radius 1 is 1.24 bits per heavy atom. The summed E-state index contributed by atoms with van der Waals surface area (Å²) in [6, 6.07) is 11.4. The van der Waals surface area contributed by atoms with Crippen molar-refractivity contribution in [3.63, 3.8) is 0 Å². The summed E-state index contributed by atoms with van der Waals surface area (Å²) in [5.74, 6) is -0.174. The van der Waals surface area contributed by atoms with Gasteiger partial charge in [-0.1, -0.05) is 35.9 Å². The third kappa shape index (κ3) is 2.96. The van der Waals surface area contributed by atoms with E-state index in [1.165, 1.54) is 0 Å². The average Bonchev–Trinajstić information content (AvgIpc) is 2.96. The fraction of sp³-hybridized carbons (Fsp3) is 0.312. The second-order valence-corrected chi connectivity index (χ2v) is 5.47. The molecular formula is C16H15ClO4. The number of ether oxygens (including phenoxy) is 2. The number of halogens is 1. The smallest absolute Gasteiger partial charge is 0.332 e. The maximum Gasteiger partial charge on any atom is 0.332 e. The molecule has 1 fully saturated rings. The van der Waals surface area contributed by atoms with E-state index in [1.807, 2.05) is 30.3 Å². The molecule has 0 bridgehead atoms. The van der Waals surface area contributed by atoms with E-state index < -0.39 is 12.1 Å². The molecule has 3 rings (SSSR count). The second-order valence-electron chi connectivity index (χ2n) is 5.06. The summed E-state index contributed by atoms with van der Waals surface area (Å²) in [4.78, 5) is 10.9. The van der Waals surface area contributed by atoms with E-state index in [0.29, 0.717) is 24.5 Å². The fourth-order valence-electron chi connectivity index (χ4n) is 2.55. The molecule has 2 unspecified atom stereocenters. The predicted octanol–water partition coefficient (Wildman–Crippen LogP) is 3.50. The normalized spacial score (nSPS) is 21.6. The number of hydrogen-bond acceptors (Lipinski definition) is 3. The van der Waals surface area contributed by atoms with Gasteiger partial charge in [0, 0.05) is 15.8 Å². The first-order valence-corrected chi connectivity index (χ1v) is 7.21. The summed E-state index contributed by atoms with van der Waals surface area (Å²) in [6.07, 6.45) is 0.342. The highest BCUT2D eigenvalue weighted by atomic mass is 35.5. The van der Waals surface area contributed by atoms with Crippen molar-refractivity contribution in [1.82, 2.24) is 0 Å². The molecule has 2 aromatic carbocycles. The molecule has 0 spiro atoms. The maximum absolute atomic E-state index is 10.9. The van der Waals surface area contributed by atoms with E-state index in [1.54, 1.807) is 6.07 Å². The highest BCUT2D eigenvalue weighted by Gasteiger charge is 2.30. The van der Waals surface area contributed by atoms with Crippen LogP contribution in [0.2, 0.25) is 5.02 Å². The van der Waals surface area contributed by atoms with Crippen LogP contribution >= 0.6 is 11.6 Å². The van der Waals surface area contributed by atoms with Gasteiger partial charge >= 0.3 is 5.97 Å². The van der Waals surface area contributed by atoms with Crippen molar-refractivity contribution in [3.05, 3.63) is 41.4 Å². The molecule has 4 nitrogen and oxygen atoms in total. The number of fused-ring (bicyclic) bond motifs is 1. The minimum atomic E-state index is -0.908. The summed E-state index contributed by atoms with van der Waals surface area (Å²) < 4.78 is 11.2. The first-order chi connectivity index (χ1) is 10.1. The summed E-state index contributed by atoms with van der Waals surface area (Å²) in [5, 5.41) is 11.5. The van der Waals surface area contributed by atoms with Gasteiger partial charge in [0.25, 0.3) is 0 Å². The maximum atomic E-state index is 10.9. The van der Waals surface area contributed by atoms with Gasteiger partial charge < -0.3 is 14.6 Å². The van der Waals surface area contributed by atoms with Gasteiger partial charge in [-0.3, -0.25) is 0 Å². The summed E-state index contributed by atoms with van der Waals surface area (Å²) in [5.41, 5.74) is 0. The zero-order valence-corrected chi connectivity index (χ0v) is 12.0. The van der Waals surface area contributed by atoms with E-state index in [4.69, 9.17) is 26.2 Å². The van der Waals surface area contributed by atoms with Crippen LogP contribution in [0.4, 0.5) is 0 Å². The number of carbonyl (C=O) groups is 1. The molecule has 0 radical (unpaired) electrons. The highest BCUT2D eigenvalue weighted by Crippen LogP contribution is 2.32. The first kappa shape index (κ1) is 14.2. The lowest BCUT2D eigenvalue weighted by Gasteiger charge is -2.14. The van der Waals surface area contributed by atoms with E-state index in [9.17, 15) is 4.79 Å². The standard InChI is InChI=1S/C16H15ClO4/c17-13-6-8-14(12-4-2-1-3-11(12)13)20-9-10-5-7-15(21-10)16(18)19/h1-4,6,8,10,15H,5,7,9H2,(H,18,19). The van der Waals surface area contributed by atoms with Crippen LogP contribution in [0.15, 0.2) is 36.4 Å². The van der Waals surface area contributed by atoms with Crippen LogP contribution in [0, 0.1) is 0 Å². The molecule has 0 aliphatic carbocycles. The van der Waals surface area contributed by atoms with Crippen LogP contribution in [0.5, 0.6) is 5.75 Å². The molecule has 21 heavy (non-hydrogen) atoms. The minimum absolute atomic E-state index is 0.180. The van der Waals surface area contributed by atoms with Crippen LogP contribution in [0.3, 0.4) is 0 Å². The van der Waals surface area contributed by atoms with E-state index in [2.05, 4.69) is 0 Å². The third-order valence-corrected chi connectivity index (χ3v) is 3.97. The molecule has 110 valence electrons. The van der Waals surface area contributed by atoms with Crippen molar-refractivity contribution in [1.29, 1.82) is 0 Å². The number of benzene rings is 2. The Morgan fingerprint density at radius 3 is 2.71 bits per heavy atom. The van der Waals surface area contributed by atoms with Gasteiger partial charge in [-0.15, -0.1) is 0 Å². The molecule has 2 aromatic rings. The quantitative estimate of drug-likeness (QED) is 0.939. The van der Waals surface area contributed by atoms with Gasteiger partial charge in [0.1, 0.15) is 12.4 Å². The van der Waals surface area contributed by atoms with E-state index in [0.717, 1.165) is 16.5 Å². The first-order valence-electron chi connectivity index (χ1n) is 6.83. The number of carboxylic acids is 1. The van der Waals surface area contributed by atoms with Crippen molar-refractivity contribution < 1.29 is 19.4 Å². The van der Waals surface area contributed by atoms with Gasteiger partial charge in [0.05, 0.1) is 6.10 Å². The van der Waals surface area contributed by atoms with Crippen LogP contribution < -0.4 is 4.74 Å². The third-order valence-electron chi connectivity index (χ3n) is 3.64. The Balaban J connectivity index is 1.72. The lowest BCUT2D eigenvalue weighted by atomic mass is 10.1. The lowest BCUT2D eigenvalue weighted by molar-refractivity contribution is -0.149. The van der Waals surface area contributed by atoms with Crippen molar-refractivity contribution in [3.8, 4) is 5.75 Å². The number of hydrogen-bond donors (Lipinski definition) is 1. The molecule has 1 heterocycles. The van der Waals surface area contributed by atoms with Crippen molar-refractivity contribution in [2.75, 3.05) is 6.61 Å². The largest absolute Gasteiger partial charge is 0.490 e. The second kappa shape index (κ2) is 5.92. The van der Waals surface area contributed by atoms with Crippen LogP contribution in [-0.2, 0) is 9.53 Å².